The zero-order chi connectivity index (χ0) is 17.9. The summed E-state index contributed by atoms with van der Waals surface area (Å²) >= 11 is 0. The first-order valence-electron chi connectivity index (χ1n) is 9.42. The van der Waals surface area contributed by atoms with Gasteiger partial charge in [0, 0.05) is 56.8 Å². The Morgan fingerprint density at radius 1 is 1.19 bits per heavy atom. The van der Waals surface area contributed by atoms with E-state index >= 15 is 0 Å². The monoisotopic (exact) mass is 354 g/mol. The number of benzene rings is 1. The molecule has 0 bridgehead atoms. The highest BCUT2D eigenvalue weighted by atomic mass is 16.3. The molecule has 2 aromatic rings. The molecule has 26 heavy (non-hydrogen) atoms. The van der Waals surface area contributed by atoms with Crippen molar-refractivity contribution in [2.24, 2.45) is 5.92 Å². The number of nitrogens with zero attached hydrogens (tertiary/aromatic N) is 3. The summed E-state index contributed by atoms with van der Waals surface area (Å²) in [5, 5.41) is 14.9. The number of aromatic nitrogens is 1. The largest absolute Gasteiger partial charge is 0.391 e. The topological polar surface area (TPSA) is 68.7 Å². The Bertz CT molecular complexity index is 770. The first kappa shape index (κ1) is 17.4. The molecular weight excluding hydrogens is 328 g/mol. The van der Waals surface area contributed by atoms with Gasteiger partial charge in [0.1, 0.15) is 0 Å². The summed E-state index contributed by atoms with van der Waals surface area (Å²) in [6.45, 7) is 5.04. The molecule has 3 heterocycles. The number of carbonyl (C=O) groups is 1. The maximum atomic E-state index is 12.5. The van der Waals surface area contributed by atoms with Gasteiger partial charge in [0.2, 0.25) is 5.91 Å². The van der Waals surface area contributed by atoms with Crippen molar-refractivity contribution in [3.8, 4) is 0 Å². The number of para-hydroxylation sites is 1. The van der Waals surface area contributed by atoms with Gasteiger partial charge in [-0.1, -0.05) is 18.2 Å². The Balaban J connectivity index is 1.40. The maximum Gasteiger partial charge on any atom is 0.236 e. The molecule has 6 nitrogen and oxygen atoms in total. The Labute approximate surface area is 153 Å². The number of fused-ring (bicyclic) bond motifs is 1. The number of likely N-dealkylation sites (tertiary alicyclic amines) is 1. The predicted molar refractivity (Wildman–Crippen MR) is 101 cm³/mol. The first-order valence-corrected chi connectivity index (χ1v) is 9.42. The number of rotatable bonds is 4. The number of aliphatic hydroxyl groups excluding tert-OH is 1. The Kier molecular flexibility index (Phi) is 5.15. The molecule has 0 unspecified atom stereocenters. The second kappa shape index (κ2) is 7.70. The van der Waals surface area contributed by atoms with Crippen LogP contribution in [0.15, 0.2) is 36.5 Å². The van der Waals surface area contributed by atoms with E-state index in [9.17, 15) is 9.90 Å². The van der Waals surface area contributed by atoms with E-state index in [2.05, 4.69) is 21.3 Å². The number of aliphatic hydroxyl groups is 1. The van der Waals surface area contributed by atoms with E-state index in [1.807, 2.05) is 35.4 Å². The van der Waals surface area contributed by atoms with Gasteiger partial charge in [-0.2, -0.15) is 0 Å². The van der Waals surface area contributed by atoms with Crippen molar-refractivity contribution < 1.29 is 9.90 Å². The zero-order valence-corrected chi connectivity index (χ0v) is 15.0. The lowest BCUT2D eigenvalue weighted by Crippen LogP contribution is -2.49. The Hall–Kier alpha value is -2.02. The molecule has 0 saturated carbocycles. The quantitative estimate of drug-likeness (QED) is 0.837. The molecule has 2 atom stereocenters. The van der Waals surface area contributed by atoms with Crippen LogP contribution in [-0.2, 0) is 11.2 Å². The van der Waals surface area contributed by atoms with Gasteiger partial charge in [-0.05, 0) is 24.1 Å². The van der Waals surface area contributed by atoms with Crippen LogP contribution in [0.1, 0.15) is 5.56 Å². The third-order valence-electron chi connectivity index (χ3n) is 5.53. The van der Waals surface area contributed by atoms with Gasteiger partial charge in [-0.15, -0.1) is 0 Å². The zero-order valence-electron chi connectivity index (χ0n) is 15.0. The third-order valence-corrected chi connectivity index (χ3v) is 5.53. The van der Waals surface area contributed by atoms with Gasteiger partial charge in [-0.3, -0.25) is 14.7 Å². The van der Waals surface area contributed by atoms with Gasteiger partial charge < -0.3 is 15.3 Å². The van der Waals surface area contributed by atoms with Crippen molar-refractivity contribution in [3.63, 3.8) is 0 Å². The molecular formula is C20H26N4O2. The van der Waals surface area contributed by atoms with Crippen LogP contribution in [0.5, 0.6) is 0 Å². The summed E-state index contributed by atoms with van der Waals surface area (Å²) in [6.07, 6.45) is 2.26. The van der Waals surface area contributed by atoms with E-state index in [4.69, 9.17) is 0 Å². The summed E-state index contributed by atoms with van der Waals surface area (Å²) in [5.41, 5.74) is 2.21. The van der Waals surface area contributed by atoms with Crippen LogP contribution in [-0.4, -0.2) is 77.7 Å². The molecule has 2 aliphatic heterocycles. The molecule has 2 aliphatic rings. The van der Waals surface area contributed by atoms with E-state index in [1.54, 1.807) is 0 Å². The van der Waals surface area contributed by atoms with Gasteiger partial charge in [0.15, 0.2) is 0 Å². The molecule has 138 valence electrons. The summed E-state index contributed by atoms with van der Waals surface area (Å²) < 4.78 is 0. The standard InChI is InChI=1S/C20H26N4O2/c25-19-13-23(14-20(26)24-9-7-21-8-10-24)12-16(19)11-15-5-6-22-18-4-2-1-3-17(15)18/h1-6,16,19,21,25H,7-14H2/t16-,19+/m1/s1. The second-order valence-corrected chi connectivity index (χ2v) is 7.34. The molecule has 0 radical (unpaired) electrons. The maximum absolute atomic E-state index is 12.5. The Morgan fingerprint density at radius 3 is 2.85 bits per heavy atom. The van der Waals surface area contributed by atoms with E-state index in [1.165, 1.54) is 5.56 Å². The van der Waals surface area contributed by atoms with Crippen LogP contribution in [0.2, 0.25) is 0 Å². The lowest BCUT2D eigenvalue weighted by atomic mass is 9.94. The normalized spacial score (nSPS) is 24.3. The predicted octanol–water partition coefficient (Wildman–Crippen LogP) is 0.502. The number of amides is 1. The molecule has 1 aromatic carbocycles. The lowest BCUT2D eigenvalue weighted by molar-refractivity contribution is -0.132. The van der Waals surface area contributed by atoms with Crippen LogP contribution in [0, 0.1) is 5.92 Å². The fourth-order valence-corrected chi connectivity index (χ4v) is 4.09. The summed E-state index contributed by atoms with van der Waals surface area (Å²) in [4.78, 5) is 20.9. The molecule has 0 spiro atoms. The van der Waals surface area contributed by atoms with Crippen molar-refractivity contribution in [1.82, 2.24) is 20.1 Å². The van der Waals surface area contributed by atoms with Gasteiger partial charge in [0.05, 0.1) is 18.2 Å². The number of hydrogen-bond donors (Lipinski definition) is 2. The van der Waals surface area contributed by atoms with Gasteiger partial charge >= 0.3 is 0 Å². The highest BCUT2D eigenvalue weighted by Crippen LogP contribution is 2.25. The lowest BCUT2D eigenvalue weighted by Gasteiger charge is -2.29. The molecule has 4 rings (SSSR count). The second-order valence-electron chi connectivity index (χ2n) is 7.34. The molecule has 1 amide bonds. The first-order chi connectivity index (χ1) is 12.7. The molecule has 2 fully saturated rings. The summed E-state index contributed by atoms with van der Waals surface area (Å²) in [5.74, 6) is 0.324. The number of piperazine rings is 1. The average molecular weight is 354 g/mol. The van der Waals surface area contributed by atoms with E-state index in [-0.39, 0.29) is 11.8 Å². The van der Waals surface area contributed by atoms with Gasteiger partial charge in [-0.25, -0.2) is 0 Å². The van der Waals surface area contributed by atoms with Crippen LogP contribution in [0.25, 0.3) is 10.9 Å². The third kappa shape index (κ3) is 3.72. The fraction of sp³-hybridized carbons (Fsp3) is 0.500. The average Bonchev–Trinajstić information content (AvgIpc) is 3.01. The number of pyridine rings is 1. The summed E-state index contributed by atoms with van der Waals surface area (Å²) in [6, 6.07) is 10.2. The van der Waals surface area contributed by atoms with Crippen LogP contribution in [0.4, 0.5) is 0 Å². The Morgan fingerprint density at radius 2 is 2.00 bits per heavy atom. The number of carbonyl (C=O) groups excluding carboxylic acids is 1. The van der Waals surface area contributed by atoms with Crippen molar-refractivity contribution in [2.45, 2.75) is 12.5 Å². The molecule has 1 aromatic heterocycles. The molecule has 0 aliphatic carbocycles. The summed E-state index contributed by atoms with van der Waals surface area (Å²) in [7, 11) is 0. The molecule has 2 N–H and O–H groups in total. The van der Waals surface area contributed by atoms with Crippen LogP contribution < -0.4 is 5.32 Å². The highest BCUT2D eigenvalue weighted by Gasteiger charge is 2.33. The number of nitrogens with one attached hydrogen (secondary N) is 1. The number of hydrogen-bond acceptors (Lipinski definition) is 5. The fourth-order valence-electron chi connectivity index (χ4n) is 4.09. The highest BCUT2D eigenvalue weighted by molar-refractivity contribution is 5.82. The van der Waals surface area contributed by atoms with Gasteiger partial charge in [0.25, 0.3) is 0 Å². The van der Waals surface area contributed by atoms with Crippen molar-refractivity contribution in [1.29, 1.82) is 0 Å². The van der Waals surface area contributed by atoms with Crippen molar-refractivity contribution >= 4 is 16.8 Å². The minimum Gasteiger partial charge on any atom is -0.391 e. The van der Waals surface area contributed by atoms with E-state index in [0.29, 0.717) is 13.1 Å². The van der Waals surface area contributed by atoms with E-state index in [0.717, 1.165) is 50.0 Å². The van der Waals surface area contributed by atoms with Crippen molar-refractivity contribution in [3.05, 3.63) is 42.1 Å². The smallest absolute Gasteiger partial charge is 0.236 e. The minimum atomic E-state index is -0.391. The van der Waals surface area contributed by atoms with Crippen LogP contribution >= 0.6 is 0 Å². The SMILES string of the molecule is O=C(CN1C[C@@H](Cc2ccnc3ccccc23)[C@@H](O)C1)N1CCNCC1. The van der Waals surface area contributed by atoms with E-state index < -0.39 is 6.10 Å². The van der Waals surface area contributed by atoms with Crippen molar-refractivity contribution in [2.75, 3.05) is 45.8 Å². The minimum absolute atomic E-state index is 0.150. The molecule has 6 heteroatoms. The molecule has 2 saturated heterocycles. The number of β-amino-alcohol motifs (C(OH)–C–C–N with tert-alkyl or cyclic N) is 1. The van der Waals surface area contributed by atoms with Crippen LogP contribution in [0.3, 0.4) is 0 Å².